The lowest BCUT2D eigenvalue weighted by Crippen LogP contribution is -2.19. The molecule has 0 saturated carbocycles. The van der Waals surface area contributed by atoms with Gasteiger partial charge in [0.15, 0.2) is 0 Å². The minimum atomic E-state index is -0.0451. The molecule has 0 spiro atoms. The summed E-state index contributed by atoms with van der Waals surface area (Å²) in [7, 11) is 0. The van der Waals surface area contributed by atoms with Crippen molar-refractivity contribution >= 4 is 10.8 Å². The van der Waals surface area contributed by atoms with E-state index in [1.807, 2.05) is 37.3 Å². The summed E-state index contributed by atoms with van der Waals surface area (Å²) in [4.78, 5) is 12.8. The molecule has 0 saturated heterocycles. The lowest BCUT2D eigenvalue weighted by Gasteiger charge is -2.09. The lowest BCUT2D eigenvalue weighted by molar-refractivity contribution is 0.474. The molecular weight excluding hydrogens is 314 g/mol. The number of H-pyrrole nitrogens is 1. The van der Waals surface area contributed by atoms with Crippen LogP contribution < -0.4 is 5.56 Å². The van der Waals surface area contributed by atoms with Crippen molar-refractivity contribution in [2.75, 3.05) is 0 Å². The summed E-state index contributed by atoms with van der Waals surface area (Å²) in [6, 6.07) is 14.7. The topological polar surface area (TPSA) is 70.9 Å². The van der Waals surface area contributed by atoms with Crippen molar-refractivity contribution in [1.82, 2.24) is 14.8 Å². The molecule has 4 rings (SSSR count). The average molecular weight is 331 g/mol. The largest absolute Gasteiger partial charge is 0.508 e. The number of hydrogen-bond acceptors (Lipinski definition) is 3. The number of aromatic hydroxyl groups is 1. The fourth-order valence-electron chi connectivity index (χ4n) is 3.07. The van der Waals surface area contributed by atoms with Gasteiger partial charge in [-0.2, -0.15) is 5.10 Å². The molecule has 0 bridgehead atoms. The van der Waals surface area contributed by atoms with Crippen molar-refractivity contribution in [3.63, 3.8) is 0 Å². The summed E-state index contributed by atoms with van der Waals surface area (Å²) in [6.45, 7) is 2.39. The monoisotopic (exact) mass is 331 g/mol. The number of aromatic nitrogens is 3. The van der Waals surface area contributed by atoms with Crippen LogP contribution in [-0.4, -0.2) is 19.9 Å². The van der Waals surface area contributed by atoms with E-state index in [2.05, 4.69) is 10.2 Å². The first-order valence-electron chi connectivity index (χ1n) is 8.03. The standard InChI is InChI=1S/C20H17N3O2/c1-13-19(11-21-22-13)15-5-6-18-16(10-15)7-8-23(20(18)25)12-14-3-2-4-17(24)9-14/h2-11,24H,12H2,1H3,(H,21,22). The van der Waals surface area contributed by atoms with Gasteiger partial charge in [0.1, 0.15) is 5.75 Å². The zero-order valence-corrected chi connectivity index (χ0v) is 13.7. The van der Waals surface area contributed by atoms with Gasteiger partial charge in [0.25, 0.3) is 5.56 Å². The Balaban J connectivity index is 1.76. The Hall–Kier alpha value is -3.34. The number of nitrogens with zero attached hydrogens (tertiary/aromatic N) is 2. The normalized spacial score (nSPS) is 11.1. The maximum Gasteiger partial charge on any atom is 0.258 e. The number of aryl methyl sites for hydroxylation is 1. The Labute approximate surface area is 144 Å². The third-order valence-electron chi connectivity index (χ3n) is 4.38. The van der Waals surface area contributed by atoms with E-state index in [1.165, 1.54) is 0 Å². The van der Waals surface area contributed by atoms with Crippen molar-refractivity contribution in [1.29, 1.82) is 0 Å². The number of aromatic amines is 1. The fourth-order valence-corrected chi connectivity index (χ4v) is 3.07. The molecule has 2 heterocycles. The molecule has 25 heavy (non-hydrogen) atoms. The highest BCUT2D eigenvalue weighted by atomic mass is 16.3. The Morgan fingerprint density at radius 1 is 1.16 bits per heavy atom. The van der Waals surface area contributed by atoms with E-state index < -0.39 is 0 Å². The van der Waals surface area contributed by atoms with Crippen LogP contribution in [0.5, 0.6) is 5.75 Å². The summed E-state index contributed by atoms with van der Waals surface area (Å²) >= 11 is 0. The number of fused-ring (bicyclic) bond motifs is 1. The number of benzene rings is 2. The first kappa shape index (κ1) is 15.2. The quantitative estimate of drug-likeness (QED) is 0.604. The van der Waals surface area contributed by atoms with Crippen molar-refractivity contribution in [2.45, 2.75) is 13.5 Å². The van der Waals surface area contributed by atoms with Crippen LogP contribution in [0.25, 0.3) is 21.9 Å². The molecule has 124 valence electrons. The molecule has 0 atom stereocenters. The first-order chi connectivity index (χ1) is 12.1. The maximum absolute atomic E-state index is 12.8. The van der Waals surface area contributed by atoms with Crippen molar-refractivity contribution in [3.05, 3.63) is 82.5 Å². The third-order valence-corrected chi connectivity index (χ3v) is 4.38. The minimum Gasteiger partial charge on any atom is -0.508 e. The Morgan fingerprint density at radius 3 is 2.80 bits per heavy atom. The van der Waals surface area contributed by atoms with Crippen molar-refractivity contribution in [3.8, 4) is 16.9 Å². The van der Waals surface area contributed by atoms with Gasteiger partial charge in [0.05, 0.1) is 12.7 Å². The molecule has 0 fully saturated rings. The SMILES string of the molecule is Cc1[nH]ncc1-c1ccc2c(=O)n(Cc3cccc(O)c3)ccc2c1. The van der Waals surface area contributed by atoms with Crippen LogP contribution in [-0.2, 0) is 6.54 Å². The third kappa shape index (κ3) is 2.80. The summed E-state index contributed by atoms with van der Waals surface area (Å²) in [5.41, 5.74) is 3.90. The minimum absolute atomic E-state index is 0.0451. The molecule has 2 aromatic heterocycles. The van der Waals surface area contributed by atoms with Crippen LogP contribution in [0.3, 0.4) is 0 Å². The molecule has 0 aliphatic rings. The summed E-state index contributed by atoms with van der Waals surface area (Å²) in [6.07, 6.45) is 3.58. The highest BCUT2D eigenvalue weighted by Crippen LogP contribution is 2.24. The predicted molar refractivity (Wildman–Crippen MR) is 97.7 cm³/mol. The van der Waals surface area contributed by atoms with Gasteiger partial charge in [-0.05, 0) is 53.8 Å². The van der Waals surface area contributed by atoms with E-state index in [4.69, 9.17) is 0 Å². The molecule has 0 radical (unpaired) electrons. The van der Waals surface area contributed by atoms with E-state index in [0.29, 0.717) is 11.9 Å². The Kier molecular flexibility index (Phi) is 3.61. The number of phenolic OH excluding ortho intramolecular Hbond substituents is 1. The summed E-state index contributed by atoms with van der Waals surface area (Å²) in [5.74, 6) is 0.200. The fraction of sp³-hybridized carbons (Fsp3) is 0.100. The van der Waals surface area contributed by atoms with Crippen molar-refractivity contribution in [2.24, 2.45) is 0 Å². The zero-order valence-electron chi connectivity index (χ0n) is 13.7. The molecule has 5 nitrogen and oxygen atoms in total. The van der Waals surface area contributed by atoms with Gasteiger partial charge < -0.3 is 9.67 Å². The second-order valence-electron chi connectivity index (χ2n) is 6.13. The van der Waals surface area contributed by atoms with Crippen LogP contribution in [0.4, 0.5) is 0 Å². The molecule has 2 N–H and O–H groups in total. The molecule has 0 aliphatic carbocycles. The Morgan fingerprint density at radius 2 is 2.04 bits per heavy atom. The summed E-state index contributed by atoms with van der Waals surface area (Å²) in [5, 5.41) is 18.1. The number of rotatable bonds is 3. The first-order valence-corrected chi connectivity index (χ1v) is 8.03. The van der Waals surface area contributed by atoms with Gasteiger partial charge in [-0.1, -0.05) is 18.2 Å². The van der Waals surface area contributed by atoms with Gasteiger partial charge in [-0.15, -0.1) is 0 Å². The van der Waals surface area contributed by atoms with E-state index in [9.17, 15) is 9.90 Å². The van der Waals surface area contributed by atoms with Gasteiger partial charge in [0, 0.05) is 22.8 Å². The van der Waals surface area contributed by atoms with Gasteiger partial charge in [0.2, 0.25) is 0 Å². The molecular formula is C20H17N3O2. The van der Waals surface area contributed by atoms with Gasteiger partial charge >= 0.3 is 0 Å². The average Bonchev–Trinajstić information content (AvgIpc) is 3.03. The van der Waals surface area contributed by atoms with Crippen LogP contribution in [0.2, 0.25) is 0 Å². The molecule has 2 aromatic carbocycles. The predicted octanol–water partition coefficient (Wildman–Crippen LogP) is 3.45. The highest BCUT2D eigenvalue weighted by Gasteiger charge is 2.08. The molecule has 0 amide bonds. The van der Waals surface area contributed by atoms with Gasteiger partial charge in [-0.25, -0.2) is 0 Å². The number of pyridine rings is 1. The Bertz CT molecular complexity index is 1130. The van der Waals surface area contributed by atoms with Crippen LogP contribution in [0.15, 0.2) is 65.7 Å². The molecule has 0 aliphatic heterocycles. The number of phenols is 1. The van der Waals surface area contributed by atoms with E-state index in [-0.39, 0.29) is 11.3 Å². The second-order valence-corrected chi connectivity index (χ2v) is 6.13. The number of hydrogen-bond donors (Lipinski definition) is 2. The van der Waals surface area contributed by atoms with E-state index in [1.54, 1.807) is 35.2 Å². The second kappa shape index (κ2) is 5.94. The zero-order chi connectivity index (χ0) is 17.4. The highest BCUT2D eigenvalue weighted by molar-refractivity contribution is 5.86. The van der Waals surface area contributed by atoms with Crippen LogP contribution >= 0.6 is 0 Å². The lowest BCUT2D eigenvalue weighted by atomic mass is 10.0. The van der Waals surface area contributed by atoms with Crippen LogP contribution in [0, 0.1) is 6.92 Å². The van der Waals surface area contributed by atoms with Gasteiger partial charge in [-0.3, -0.25) is 9.89 Å². The van der Waals surface area contributed by atoms with E-state index in [0.717, 1.165) is 27.8 Å². The van der Waals surface area contributed by atoms with Crippen molar-refractivity contribution < 1.29 is 5.11 Å². The van der Waals surface area contributed by atoms with Crippen LogP contribution in [0.1, 0.15) is 11.3 Å². The maximum atomic E-state index is 12.8. The number of nitrogens with one attached hydrogen (secondary N) is 1. The molecule has 0 unspecified atom stereocenters. The molecule has 4 aromatic rings. The molecule has 5 heteroatoms. The van der Waals surface area contributed by atoms with E-state index >= 15 is 0 Å². The smallest absolute Gasteiger partial charge is 0.258 e. The summed E-state index contributed by atoms with van der Waals surface area (Å²) < 4.78 is 1.65.